The van der Waals surface area contributed by atoms with Crippen LogP contribution in [0.3, 0.4) is 0 Å². The first-order chi connectivity index (χ1) is 11.0. The Morgan fingerprint density at radius 2 is 1.54 bits per heavy atom. The Morgan fingerprint density at radius 1 is 0.958 bits per heavy atom. The summed E-state index contributed by atoms with van der Waals surface area (Å²) in [4.78, 5) is 11.6. The number of ether oxygens (including phenoxy) is 1. The molecule has 0 unspecified atom stereocenters. The van der Waals surface area contributed by atoms with Crippen molar-refractivity contribution >= 4 is 15.9 Å². The Bertz CT molecular complexity index is 895. The van der Waals surface area contributed by atoms with Crippen molar-refractivity contribution in [2.75, 3.05) is 6.26 Å². The molecule has 5 nitrogen and oxygen atoms in total. The van der Waals surface area contributed by atoms with Crippen LogP contribution in [0.5, 0.6) is 11.5 Å². The van der Waals surface area contributed by atoms with Crippen LogP contribution in [-0.2, 0) is 10.0 Å². The van der Waals surface area contributed by atoms with Crippen molar-refractivity contribution < 1.29 is 35.5 Å². The monoisotopic (exact) mass is 363 g/mol. The number of hydrogen-bond donors (Lipinski definition) is 1. The van der Waals surface area contributed by atoms with Gasteiger partial charge in [-0.05, 0) is 6.07 Å². The third kappa shape index (κ3) is 4.44. The van der Waals surface area contributed by atoms with Gasteiger partial charge in [-0.1, -0.05) is 0 Å². The van der Waals surface area contributed by atoms with E-state index in [-0.39, 0.29) is 0 Å². The van der Waals surface area contributed by atoms with Gasteiger partial charge in [0.25, 0.3) is 5.91 Å². The number of benzene rings is 2. The largest absolute Gasteiger partial charge is 0.454 e. The lowest BCUT2D eigenvalue weighted by molar-refractivity contribution is 0.0977. The molecule has 2 rings (SSSR count). The number of rotatable bonds is 4. The second kappa shape index (κ2) is 6.48. The average Bonchev–Trinajstić information content (AvgIpc) is 2.39. The number of amides is 1. The summed E-state index contributed by atoms with van der Waals surface area (Å²) in [5.74, 6) is -7.06. The molecule has 0 saturated carbocycles. The Labute approximate surface area is 133 Å². The number of halogens is 4. The predicted octanol–water partition coefficient (Wildman–Crippen LogP) is 2.72. The normalized spacial score (nSPS) is 11.2. The van der Waals surface area contributed by atoms with Gasteiger partial charge in [0.2, 0.25) is 10.0 Å². The highest BCUT2D eigenvalue weighted by atomic mass is 32.2. The second-order valence-electron chi connectivity index (χ2n) is 4.67. The van der Waals surface area contributed by atoms with Crippen molar-refractivity contribution in [1.82, 2.24) is 4.72 Å². The highest BCUT2D eigenvalue weighted by Gasteiger charge is 2.20. The molecule has 10 heteroatoms. The fourth-order valence-corrected chi connectivity index (χ4v) is 2.17. The Morgan fingerprint density at radius 3 is 2.08 bits per heavy atom. The lowest BCUT2D eigenvalue weighted by Gasteiger charge is -2.10. The van der Waals surface area contributed by atoms with Crippen LogP contribution in [0.2, 0.25) is 0 Å². The topological polar surface area (TPSA) is 72.5 Å². The standard InChI is InChI=1S/C14H9F4NO4S/c1-24(21,22)19-14(20)10-5-12(18)13(6-11(10)17)23-9-3-7(15)2-8(16)4-9/h2-6H,1H3,(H,19,20). The molecule has 1 N–H and O–H groups in total. The van der Waals surface area contributed by atoms with E-state index in [1.54, 1.807) is 0 Å². The molecule has 0 fully saturated rings. The Kier molecular flexibility index (Phi) is 4.78. The SMILES string of the molecule is CS(=O)(=O)NC(=O)c1cc(F)c(Oc2cc(F)cc(F)c2)cc1F. The van der Waals surface area contributed by atoms with Gasteiger partial charge >= 0.3 is 0 Å². The molecule has 0 heterocycles. The maximum absolute atomic E-state index is 13.9. The van der Waals surface area contributed by atoms with Gasteiger partial charge in [0.05, 0.1) is 11.8 Å². The number of sulfonamides is 1. The highest BCUT2D eigenvalue weighted by molar-refractivity contribution is 7.89. The van der Waals surface area contributed by atoms with Crippen molar-refractivity contribution in [2.24, 2.45) is 0 Å². The molecule has 0 aliphatic rings. The van der Waals surface area contributed by atoms with E-state index in [2.05, 4.69) is 0 Å². The van der Waals surface area contributed by atoms with Crippen LogP contribution in [0.25, 0.3) is 0 Å². The molecule has 2 aromatic rings. The van der Waals surface area contributed by atoms with Gasteiger partial charge < -0.3 is 4.74 Å². The van der Waals surface area contributed by atoms with E-state index in [4.69, 9.17) is 4.74 Å². The summed E-state index contributed by atoms with van der Waals surface area (Å²) >= 11 is 0. The molecule has 0 aliphatic carbocycles. The lowest BCUT2D eigenvalue weighted by atomic mass is 10.2. The van der Waals surface area contributed by atoms with Gasteiger partial charge in [-0.25, -0.2) is 30.7 Å². The molecule has 0 atom stereocenters. The average molecular weight is 363 g/mol. The number of nitrogens with one attached hydrogen (secondary N) is 1. The highest BCUT2D eigenvalue weighted by Crippen LogP contribution is 2.28. The molecule has 1 amide bonds. The first-order valence-electron chi connectivity index (χ1n) is 6.20. The van der Waals surface area contributed by atoms with E-state index >= 15 is 0 Å². The quantitative estimate of drug-likeness (QED) is 0.848. The molecule has 2 aromatic carbocycles. The van der Waals surface area contributed by atoms with Crippen LogP contribution >= 0.6 is 0 Å². The molecule has 0 saturated heterocycles. The maximum Gasteiger partial charge on any atom is 0.267 e. The molecule has 24 heavy (non-hydrogen) atoms. The third-order valence-corrected chi connectivity index (χ3v) is 3.16. The van der Waals surface area contributed by atoms with Crippen LogP contribution in [-0.4, -0.2) is 20.6 Å². The molecule has 0 bridgehead atoms. The number of hydrogen-bond acceptors (Lipinski definition) is 4. The van der Waals surface area contributed by atoms with Crippen LogP contribution in [0, 0.1) is 23.3 Å². The second-order valence-corrected chi connectivity index (χ2v) is 6.42. The van der Waals surface area contributed by atoms with Crippen molar-refractivity contribution in [3.05, 3.63) is 59.2 Å². The smallest absolute Gasteiger partial charge is 0.267 e. The van der Waals surface area contributed by atoms with Crippen molar-refractivity contribution in [3.63, 3.8) is 0 Å². The molecule has 0 aromatic heterocycles. The summed E-state index contributed by atoms with van der Waals surface area (Å²) in [5, 5.41) is 0. The fraction of sp³-hybridized carbons (Fsp3) is 0.0714. The van der Waals surface area contributed by atoms with Gasteiger partial charge in [-0.3, -0.25) is 4.79 Å². The van der Waals surface area contributed by atoms with Gasteiger partial charge in [-0.15, -0.1) is 0 Å². The minimum Gasteiger partial charge on any atom is -0.454 e. The minimum absolute atomic E-state index is 0.404. The van der Waals surface area contributed by atoms with Crippen LogP contribution in [0.4, 0.5) is 17.6 Å². The first kappa shape index (κ1) is 17.7. The maximum atomic E-state index is 13.9. The van der Waals surface area contributed by atoms with Gasteiger partial charge in [0, 0.05) is 24.3 Å². The van der Waals surface area contributed by atoms with E-state index in [9.17, 15) is 30.8 Å². The summed E-state index contributed by atoms with van der Waals surface area (Å²) in [6, 6.07) is 2.90. The lowest BCUT2D eigenvalue weighted by Crippen LogP contribution is -2.30. The van der Waals surface area contributed by atoms with E-state index in [0.717, 1.165) is 12.1 Å². The summed E-state index contributed by atoms with van der Waals surface area (Å²) in [7, 11) is -3.97. The fourth-order valence-electron chi connectivity index (χ4n) is 1.72. The van der Waals surface area contributed by atoms with Crippen LogP contribution in [0.15, 0.2) is 30.3 Å². The van der Waals surface area contributed by atoms with Gasteiger partial charge in [-0.2, -0.15) is 0 Å². The molecule has 0 spiro atoms. The molecule has 0 radical (unpaired) electrons. The zero-order valence-electron chi connectivity index (χ0n) is 11.9. The first-order valence-corrected chi connectivity index (χ1v) is 8.09. The van der Waals surface area contributed by atoms with Crippen molar-refractivity contribution in [2.45, 2.75) is 0 Å². The number of carbonyl (C=O) groups excluding carboxylic acids is 1. The Hall–Kier alpha value is -2.62. The summed E-state index contributed by atoms with van der Waals surface area (Å²) in [6.07, 6.45) is 0.662. The summed E-state index contributed by atoms with van der Waals surface area (Å²) in [6.45, 7) is 0. The van der Waals surface area contributed by atoms with Gasteiger partial charge in [0.1, 0.15) is 23.2 Å². The zero-order valence-corrected chi connectivity index (χ0v) is 12.8. The van der Waals surface area contributed by atoms with Gasteiger partial charge in [0.15, 0.2) is 11.6 Å². The summed E-state index contributed by atoms with van der Waals surface area (Å²) < 4.78 is 82.0. The van der Waals surface area contributed by atoms with Crippen molar-refractivity contribution in [3.8, 4) is 11.5 Å². The predicted molar refractivity (Wildman–Crippen MR) is 75.1 cm³/mol. The third-order valence-electron chi connectivity index (χ3n) is 2.61. The van der Waals surface area contributed by atoms with E-state index in [1.807, 2.05) is 0 Å². The van der Waals surface area contributed by atoms with E-state index in [0.29, 0.717) is 24.5 Å². The van der Waals surface area contributed by atoms with Crippen LogP contribution in [0.1, 0.15) is 10.4 Å². The molecule has 0 aliphatic heterocycles. The molecular weight excluding hydrogens is 354 g/mol. The minimum atomic E-state index is -3.97. The Balaban J connectivity index is 2.34. The zero-order chi connectivity index (χ0) is 18.1. The molecular formula is C14H9F4NO4S. The van der Waals surface area contributed by atoms with E-state index < -0.39 is 56.3 Å². The molecule has 128 valence electrons. The number of carbonyl (C=O) groups is 1. The summed E-state index contributed by atoms with van der Waals surface area (Å²) in [5.41, 5.74) is -0.879. The van der Waals surface area contributed by atoms with Crippen LogP contribution < -0.4 is 9.46 Å². The van der Waals surface area contributed by atoms with E-state index in [1.165, 1.54) is 4.72 Å². The van der Waals surface area contributed by atoms with Crippen molar-refractivity contribution in [1.29, 1.82) is 0 Å².